The average molecular weight is 331 g/mol. The fraction of sp³-hybridized carbons (Fsp3) is 0.429. The first kappa shape index (κ1) is 16.3. The molecule has 0 heterocycles. The van der Waals surface area contributed by atoms with E-state index >= 15 is 0 Å². The molecule has 0 fully saturated rings. The fourth-order valence-electron chi connectivity index (χ4n) is 1.65. The topological polar surface area (TPSA) is 47.3 Å². The Hall–Kier alpha value is -0.750. The van der Waals surface area contributed by atoms with E-state index in [4.69, 9.17) is 10.5 Å². The number of nitrogens with two attached hydrogens (primary N) is 1. The first-order valence-corrected chi connectivity index (χ1v) is 6.94. The summed E-state index contributed by atoms with van der Waals surface area (Å²) in [4.78, 5) is 0. The van der Waals surface area contributed by atoms with Crippen molar-refractivity contribution in [2.24, 2.45) is 5.73 Å². The van der Waals surface area contributed by atoms with Gasteiger partial charge in [-0.1, -0.05) is 28.1 Å². The smallest absolute Gasteiger partial charge is 0.128 e. The number of nitrogens with one attached hydrogen (secondary N) is 1. The molecule has 3 N–H and O–H groups in total. The highest BCUT2D eigenvalue weighted by atomic mass is 79.9. The summed E-state index contributed by atoms with van der Waals surface area (Å²) in [6.07, 6.45) is 0. The fourth-order valence-corrected chi connectivity index (χ4v) is 2.03. The number of hydrogen-bond acceptors (Lipinski definition) is 3. The van der Waals surface area contributed by atoms with Gasteiger partial charge in [-0.25, -0.2) is 4.39 Å². The summed E-state index contributed by atoms with van der Waals surface area (Å²) in [6.45, 7) is 7.68. The summed E-state index contributed by atoms with van der Waals surface area (Å²) in [5.74, 6) is -0.256. The zero-order valence-corrected chi connectivity index (χ0v) is 12.7. The molecule has 5 heteroatoms. The number of halogens is 2. The minimum atomic E-state index is -0.256. The summed E-state index contributed by atoms with van der Waals surface area (Å²) < 4.78 is 19.9. The molecule has 0 saturated carbocycles. The second kappa shape index (κ2) is 8.43. The first-order chi connectivity index (χ1) is 9.04. The van der Waals surface area contributed by atoms with Crippen LogP contribution in [0.15, 0.2) is 34.8 Å². The Kier molecular flexibility index (Phi) is 7.23. The maximum atomic E-state index is 13.7. The standard InChI is InChI=1S/C14H20BrFN2O/c1-10(2)9-19-6-5-18-14(8-17)12-7-11(15)3-4-13(12)16/h3-4,7,14,18H,1,5-6,8-9,17H2,2H3. The van der Waals surface area contributed by atoms with Gasteiger partial charge in [-0.3, -0.25) is 0 Å². The van der Waals surface area contributed by atoms with Crippen molar-refractivity contribution in [3.63, 3.8) is 0 Å². The first-order valence-electron chi connectivity index (χ1n) is 6.15. The molecule has 106 valence electrons. The predicted molar refractivity (Wildman–Crippen MR) is 79.5 cm³/mol. The molecule has 0 saturated heterocycles. The van der Waals surface area contributed by atoms with Crippen molar-refractivity contribution >= 4 is 15.9 Å². The van der Waals surface area contributed by atoms with Crippen LogP contribution in [0.5, 0.6) is 0 Å². The van der Waals surface area contributed by atoms with Crippen LogP contribution >= 0.6 is 15.9 Å². The molecule has 1 aromatic carbocycles. The Balaban J connectivity index is 2.49. The van der Waals surface area contributed by atoms with Crippen molar-refractivity contribution in [2.75, 3.05) is 26.3 Å². The molecule has 1 atom stereocenters. The van der Waals surface area contributed by atoms with Crippen LogP contribution in [0.4, 0.5) is 4.39 Å². The van der Waals surface area contributed by atoms with Crippen LogP contribution in [0.25, 0.3) is 0 Å². The lowest BCUT2D eigenvalue weighted by Gasteiger charge is -2.18. The van der Waals surface area contributed by atoms with Gasteiger partial charge in [-0.05, 0) is 25.1 Å². The Labute approximate surface area is 122 Å². The van der Waals surface area contributed by atoms with Crippen LogP contribution in [0.2, 0.25) is 0 Å². The quantitative estimate of drug-likeness (QED) is 0.569. The van der Waals surface area contributed by atoms with E-state index in [0.717, 1.165) is 10.0 Å². The van der Waals surface area contributed by atoms with Gasteiger partial charge in [-0.2, -0.15) is 0 Å². The Bertz CT molecular complexity index is 426. The van der Waals surface area contributed by atoms with Crippen LogP contribution in [0.1, 0.15) is 18.5 Å². The highest BCUT2D eigenvalue weighted by Gasteiger charge is 2.13. The van der Waals surface area contributed by atoms with Gasteiger partial charge in [0.1, 0.15) is 5.82 Å². The van der Waals surface area contributed by atoms with E-state index in [1.807, 2.05) is 6.92 Å². The Morgan fingerprint density at radius 2 is 2.32 bits per heavy atom. The van der Waals surface area contributed by atoms with E-state index < -0.39 is 0 Å². The summed E-state index contributed by atoms with van der Waals surface area (Å²) in [5.41, 5.74) is 7.23. The third-order valence-corrected chi connectivity index (χ3v) is 3.05. The molecular weight excluding hydrogens is 311 g/mol. The summed E-state index contributed by atoms with van der Waals surface area (Å²) in [5, 5.41) is 3.19. The van der Waals surface area contributed by atoms with Gasteiger partial charge in [0, 0.05) is 29.2 Å². The minimum Gasteiger partial charge on any atom is -0.376 e. The predicted octanol–water partition coefficient (Wildman–Crippen LogP) is 2.77. The zero-order chi connectivity index (χ0) is 14.3. The van der Waals surface area contributed by atoms with Gasteiger partial charge in [0.15, 0.2) is 0 Å². The number of hydrogen-bond donors (Lipinski definition) is 2. The van der Waals surface area contributed by atoms with Crippen LogP contribution in [-0.4, -0.2) is 26.3 Å². The highest BCUT2D eigenvalue weighted by molar-refractivity contribution is 9.10. The van der Waals surface area contributed by atoms with Crippen molar-refractivity contribution in [3.8, 4) is 0 Å². The van der Waals surface area contributed by atoms with E-state index in [9.17, 15) is 4.39 Å². The zero-order valence-electron chi connectivity index (χ0n) is 11.1. The molecular formula is C14H20BrFN2O. The van der Waals surface area contributed by atoms with E-state index in [0.29, 0.717) is 31.9 Å². The van der Waals surface area contributed by atoms with E-state index in [2.05, 4.69) is 27.8 Å². The summed E-state index contributed by atoms with van der Waals surface area (Å²) >= 11 is 3.33. The summed E-state index contributed by atoms with van der Waals surface area (Å²) in [7, 11) is 0. The molecule has 1 unspecified atom stereocenters. The lowest BCUT2D eigenvalue weighted by molar-refractivity contribution is 0.155. The molecule has 0 bridgehead atoms. The average Bonchev–Trinajstić information content (AvgIpc) is 2.37. The molecule has 0 aliphatic rings. The van der Waals surface area contributed by atoms with Crippen molar-refractivity contribution in [1.29, 1.82) is 0 Å². The van der Waals surface area contributed by atoms with Crippen molar-refractivity contribution in [1.82, 2.24) is 5.32 Å². The molecule has 0 aliphatic heterocycles. The second-order valence-electron chi connectivity index (χ2n) is 4.42. The van der Waals surface area contributed by atoms with Gasteiger partial charge >= 0.3 is 0 Å². The molecule has 0 aromatic heterocycles. The van der Waals surface area contributed by atoms with Gasteiger partial charge in [-0.15, -0.1) is 0 Å². The maximum Gasteiger partial charge on any atom is 0.128 e. The van der Waals surface area contributed by atoms with Crippen LogP contribution < -0.4 is 11.1 Å². The molecule has 0 radical (unpaired) electrons. The molecule has 0 aliphatic carbocycles. The van der Waals surface area contributed by atoms with E-state index in [1.165, 1.54) is 6.07 Å². The van der Waals surface area contributed by atoms with Crippen LogP contribution in [-0.2, 0) is 4.74 Å². The lowest BCUT2D eigenvalue weighted by atomic mass is 10.1. The highest BCUT2D eigenvalue weighted by Crippen LogP contribution is 2.21. The SMILES string of the molecule is C=C(C)COCCNC(CN)c1cc(Br)ccc1F. The van der Waals surface area contributed by atoms with Crippen molar-refractivity contribution < 1.29 is 9.13 Å². The summed E-state index contributed by atoms with van der Waals surface area (Å²) in [6, 6.07) is 4.63. The van der Waals surface area contributed by atoms with Gasteiger partial charge in [0.2, 0.25) is 0 Å². The molecule has 3 nitrogen and oxygen atoms in total. The molecule has 0 amide bonds. The van der Waals surface area contributed by atoms with Gasteiger partial charge in [0.05, 0.1) is 13.2 Å². The molecule has 1 rings (SSSR count). The number of benzene rings is 1. The van der Waals surface area contributed by atoms with Crippen molar-refractivity contribution in [2.45, 2.75) is 13.0 Å². The second-order valence-corrected chi connectivity index (χ2v) is 5.33. The normalized spacial score (nSPS) is 12.4. The molecule has 1 aromatic rings. The van der Waals surface area contributed by atoms with Crippen molar-refractivity contribution in [3.05, 3.63) is 46.2 Å². The maximum absolute atomic E-state index is 13.7. The van der Waals surface area contributed by atoms with Crippen LogP contribution in [0.3, 0.4) is 0 Å². The third-order valence-electron chi connectivity index (χ3n) is 2.55. The Morgan fingerprint density at radius 3 is 2.95 bits per heavy atom. The minimum absolute atomic E-state index is 0.217. The van der Waals surface area contributed by atoms with E-state index in [-0.39, 0.29) is 11.9 Å². The Morgan fingerprint density at radius 1 is 1.58 bits per heavy atom. The monoisotopic (exact) mass is 330 g/mol. The molecule has 0 spiro atoms. The van der Waals surface area contributed by atoms with Crippen LogP contribution in [0, 0.1) is 5.82 Å². The van der Waals surface area contributed by atoms with Gasteiger partial charge in [0.25, 0.3) is 0 Å². The third kappa shape index (κ3) is 5.82. The van der Waals surface area contributed by atoms with E-state index in [1.54, 1.807) is 12.1 Å². The lowest BCUT2D eigenvalue weighted by Crippen LogP contribution is -2.31. The molecule has 19 heavy (non-hydrogen) atoms. The number of rotatable bonds is 8. The van der Waals surface area contributed by atoms with Gasteiger partial charge < -0.3 is 15.8 Å². The number of ether oxygens (including phenoxy) is 1. The largest absolute Gasteiger partial charge is 0.376 e.